The monoisotopic (exact) mass is 524 g/mol. The van der Waals surface area contributed by atoms with Crippen molar-refractivity contribution in [2.75, 3.05) is 44.4 Å². The molecular formula is C19H33IN4O3S. The molecule has 7 nitrogen and oxygen atoms in total. The Morgan fingerprint density at radius 3 is 2.64 bits per heavy atom. The van der Waals surface area contributed by atoms with Crippen LogP contribution in [0.15, 0.2) is 29.3 Å². The van der Waals surface area contributed by atoms with Crippen molar-refractivity contribution in [3.05, 3.63) is 24.3 Å². The van der Waals surface area contributed by atoms with Crippen LogP contribution in [-0.4, -0.2) is 64.7 Å². The molecule has 0 aliphatic carbocycles. The van der Waals surface area contributed by atoms with Gasteiger partial charge in [-0.25, -0.2) is 8.42 Å². The van der Waals surface area contributed by atoms with Gasteiger partial charge in [-0.1, -0.05) is 12.1 Å². The smallest absolute Gasteiger partial charge is 0.191 e. The topological polar surface area (TPSA) is 83.0 Å². The molecule has 1 aromatic rings. The van der Waals surface area contributed by atoms with Crippen LogP contribution in [0, 0.1) is 0 Å². The number of aliphatic imine (C=N–C) groups is 1. The highest BCUT2D eigenvalue weighted by Crippen LogP contribution is 2.30. The van der Waals surface area contributed by atoms with Crippen LogP contribution in [0.3, 0.4) is 0 Å². The molecule has 0 saturated carbocycles. The summed E-state index contributed by atoms with van der Waals surface area (Å²) in [4.78, 5) is 6.81. The molecule has 0 aromatic heterocycles. The fourth-order valence-electron chi connectivity index (χ4n) is 2.89. The molecule has 160 valence electrons. The molecule has 2 N–H and O–H groups in total. The first kappa shape index (κ1) is 24.8. The summed E-state index contributed by atoms with van der Waals surface area (Å²) in [5, 5.41) is 6.65. The Hall–Kier alpha value is -1.23. The Labute approximate surface area is 186 Å². The van der Waals surface area contributed by atoms with Crippen molar-refractivity contribution in [3.8, 4) is 5.75 Å². The molecule has 0 spiro atoms. The fraction of sp³-hybridized carbons (Fsp3) is 0.632. The van der Waals surface area contributed by atoms with E-state index in [2.05, 4.69) is 26.6 Å². The SMILES string of the molecule is CCNC(=NCC(C)(C)S(C)(=O)=O)NC1CCN(c2ccccc2OC)C1.I. The molecule has 1 aliphatic heterocycles. The first-order valence-corrected chi connectivity index (χ1v) is 11.2. The van der Waals surface area contributed by atoms with Gasteiger partial charge in [-0.3, -0.25) is 4.99 Å². The number of benzene rings is 1. The molecule has 1 aliphatic rings. The fourth-order valence-corrected chi connectivity index (χ4v) is 3.19. The van der Waals surface area contributed by atoms with Crippen molar-refractivity contribution in [1.82, 2.24) is 10.6 Å². The van der Waals surface area contributed by atoms with Crippen LogP contribution in [-0.2, 0) is 9.84 Å². The number of sulfone groups is 1. The van der Waals surface area contributed by atoms with Crippen LogP contribution in [0.2, 0.25) is 0 Å². The number of anilines is 1. The Balaban J connectivity index is 0.00000392. The highest BCUT2D eigenvalue weighted by molar-refractivity contribution is 14.0. The maximum atomic E-state index is 11.9. The van der Waals surface area contributed by atoms with Crippen LogP contribution in [0.4, 0.5) is 5.69 Å². The highest BCUT2D eigenvalue weighted by Gasteiger charge is 2.30. The Morgan fingerprint density at radius 2 is 2.04 bits per heavy atom. The third-order valence-electron chi connectivity index (χ3n) is 4.92. The zero-order chi connectivity index (χ0) is 20.1. The number of rotatable bonds is 7. The second-order valence-corrected chi connectivity index (χ2v) is 10.1. The van der Waals surface area contributed by atoms with E-state index in [-0.39, 0.29) is 36.6 Å². The Bertz CT molecular complexity index is 768. The lowest BCUT2D eigenvalue weighted by molar-refractivity contribution is 0.415. The lowest BCUT2D eigenvalue weighted by Gasteiger charge is -2.23. The van der Waals surface area contributed by atoms with Gasteiger partial charge in [-0.2, -0.15) is 0 Å². The number of para-hydroxylation sites is 2. The summed E-state index contributed by atoms with van der Waals surface area (Å²) >= 11 is 0. The standard InChI is InChI=1S/C19H32N4O3S.HI/c1-6-20-18(21-14-19(2,3)27(5,24)25)22-15-11-12-23(13-15)16-9-7-8-10-17(16)26-4;/h7-10,15H,6,11-14H2,1-5H3,(H2,20,21,22);1H. The van der Waals surface area contributed by atoms with E-state index in [0.717, 1.165) is 30.9 Å². The zero-order valence-electron chi connectivity index (χ0n) is 17.4. The molecule has 2 rings (SSSR count). The summed E-state index contributed by atoms with van der Waals surface area (Å²) in [5.41, 5.74) is 1.09. The molecule has 28 heavy (non-hydrogen) atoms. The number of methoxy groups -OCH3 is 1. The van der Waals surface area contributed by atoms with Gasteiger partial charge < -0.3 is 20.3 Å². The number of nitrogens with one attached hydrogen (secondary N) is 2. The molecule has 1 unspecified atom stereocenters. The van der Waals surface area contributed by atoms with E-state index in [0.29, 0.717) is 12.5 Å². The zero-order valence-corrected chi connectivity index (χ0v) is 20.5. The van der Waals surface area contributed by atoms with Gasteiger partial charge in [0.05, 0.1) is 24.1 Å². The summed E-state index contributed by atoms with van der Waals surface area (Å²) in [7, 11) is -1.49. The second kappa shape index (κ2) is 10.5. The van der Waals surface area contributed by atoms with E-state index in [1.165, 1.54) is 6.26 Å². The Kier molecular flexibility index (Phi) is 9.32. The van der Waals surface area contributed by atoms with E-state index in [1.807, 2.05) is 25.1 Å². The summed E-state index contributed by atoms with van der Waals surface area (Å²) in [6.07, 6.45) is 2.23. The lowest BCUT2D eigenvalue weighted by Crippen LogP contribution is -2.46. The minimum atomic E-state index is -3.18. The normalized spacial score (nSPS) is 17.8. The van der Waals surface area contributed by atoms with Crippen molar-refractivity contribution in [1.29, 1.82) is 0 Å². The Morgan fingerprint density at radius 1 is 1.36 bits per heavy atom. The maximum Gasteiger partial charge on any atom is 0.191 e. The number of halogens is 1. The number of hydrogen-bond acceptors (Lipinski definition) is 5. The third kappa shape index (κ3) is 6.40. The average Bonchev–Trinajstić information content (AvgIpc) is 3.07. The van der Waals surface area contributed by atoms with Gasteiger partial charge in [0.25, 0.3) is 0 Å². The third-order valence-corrected chi connectivity index (χ3v) is 7.06. The number of guanidine groups is 1. The number of hydrogen-bond donors (Lipinski definition) is 2. The minimum Gasteiger partial charge on any atom is -0.495 e. The molecular weight excluding hydrogens is 491 g/mol. The van der Waals surface area contributed by atoms with Crippen molar-refractivity contribution in [2.24, 2.45) is 4.99 Å². The van der Waals surface area contributed by atoms with Crippen molar-refractivity contribution in [3.63, 3.8) is 0 Å². The molecule has 1 aromatic carbocycles. The summed E-state index contributed by atoms with van der Waals surface area (Å²) in [5.74, 6) is 1.52. The molecule has 0 amide bonds. The van der Waals surface area contributed by atoms with Gasteiger partial charge >= 0.3 is 0 Å². The molecule has 9 heteroatoms. The van der Waals surface area contributed by atoms with Crippen LogP contribution >= 0.6 is 24.0 Å². The van der Waals surface area contributed by atoms with E-state index < -0.39 is 14.6 Å². The van der Waals surface area contributed by atoms with E-state index in [1.54, 1.807) is 21.0 Å². The van der Waals surface area contributed by atoms with Crippen LogP contribution < -0.4 is 20.3 Å². The minimum absolute atomic E-state index is 0. The number of nitrogens with zero attached hydrogens (tertiary/aromatic N) is 2. The number of ether oxygens (including phenoxy) is 1. The predicted octanol–water partition coefficient (Wildman–Crippen LogP) is 2.27. The lowest BCUT2D eigenvalue weighted by atomic mass is 10.2. The van der Waals surface area contributed by atoms with Gasteiger partial charge in [-0.05, 0) is 39.3 Å². The average molecular weight is 524 g/mol. The van der Waals surface area contributed by atoms with Gasteiger partial charge in [0.15, 0.2) is 15.8 Å². The highest BCUT2D eigenvalue weighted by atomic mass is 127. The van der Waals surface area contributed by atoms with Crippen molar-refractivity contribution < 1.29 is 13.2 Å². The van der Waals surface area contributed by atoms with Crippen molar-refractivity contribution in [2.45, 2.75) is 38.0 Å². The molecule has 1 heterocycles. The van der Waals surface area contributed by atoms with E-state index >= 15 is 0 Å². The molecule has 0 radical (unpaired) electrons. The molecule has 1 fully saturated rings. The summed E-state index contributed by atoms with van der Waals surface area (Å²) in [6, 6.07) is 8.24. The van der Waals surface area contributed by atoms with Crippen molar-refractivity contribution >= 4 is 45.5 Å². The van der Waals surface area contributed by atoms with Gasteiger partial charge in [0.1, 0.15) is 5.75 Å². The van der Waals surface area contributed by atoms with Gasteiger partial charge in [0.2, 0.25) is 0 Å². The van der Waals surface area contributed by atoms with E-state index in [9.17, 15) is 8.42 Å². The summed E-state index contributed by atoms with van der Waals surface area (Å²) in [6.45, 7) is 8.09. The predicted molar refractivity (Wildman–Crippen MR) is 127 cm³/mol. The quantitative estimate of drug-likeness (QED) is 0.324. The van der Waals surface area contributed by atoms with Gasteiger partial charge in [0, 0.05) is 31.9 Å². The summed E-state index contributed by atoms with van der Waals surface area (Å²) < 4.78 is 28.4. The molecule has 1 saturated heterocycles. The largest absolute Gasteiger partial charge is 0.495 e. The van der Waals surface area contributed by atoms with Crippen LogP contribution in [0.25, 0.3) is 0 Å². The van der Waals surface area contributed by atoms with E-state index in [4.69, 9.17) is 4.74 Å². The van der Waals surface area contributed by atoms with Crippen LogP contribution in [0.1, 0.15) is 27.2 Å². The second-order valence-electron chi connectivity index (χ2n) is 7.47. The molecule has 0 bridgehead atoms. The van der Waals surface area contributed by atoms with Gasteiger partial charge in [-0.15, -0.1) is 24.0 Å². The first-order chi connectivity index (χ1) is 12.7. The maximum absolute atomic E-state index is 11.9. The van der Waals surface area contributed by atoms with Crippen LogP contribution in [0.5, 0.6) is 5.75 Å². The first-order valence-electron chi connectivity index (χ1n) is 9.30. The molecule has 1 atom stereocenters.